The highest BCUT2D eigenvalue weighted by Gasteiger charge is 2.21. The van der Waals surface area contributed by atoms with E-state index in [0.717, 1.165) is 25.0 Å². The van der Waals surface area contributed by atoms with Crippen molar-refractivity contribution in [2.24, 2.45) is 5.73 Å². The van der Waals surface area contributed by atoms with Crippen LogP contribution in [0.3, 0.4) is 0 Å². The van der Waals surface area contributed by atoms with Crippen molar-refractivity contribution >= 4 is 57.7 Å². The topological polar surface area (TPSA) is 68.0 Å². The lowest BCUT2D eigenvalue weighted by Gasteiger charge is -2.15. The minimum Gasteiger partial charge on any atom is -0.327 e. The normalized spacial score (nSPS) is 17.2. The van der Waals surface area contributed by atoms with Gasteiger partial charge in [0.1, 0.15) is 0 Å². The number of anilines is 1. The van der Waals surface area contributed by atoms with E-state index in [1.54, 1.807) is 12.1 Å². The van der Waals surface area contributed by atoms with E-state index in [-0.39, 0.29) is 24.4 Å². The molecule has 1 amide bonds. The van der Waals surface area contributed by atoms with E-state index in [0.29, 0.717) is 14.3 Å². The van der Waals surface area contributed by atoms with Crippen molar-refractivity contribution in [1.29, 1.82) is 0 Å². The second-order valence-corrected chi connectivity index (χ2v) is 7.25. The van der Waals surface area contributed by atoms with E-state index in [1.165, 1.54) is 27.6 Å². The Hall–Kier alpha value is -0.660. The van der Waals surface area contributed by atoms with Crippen LogP contribution in [-0.2, 0) is 12.8 Å². The van der Waals surface area contributed by atoms with Crippen molar-refractivity contribution in [3.05, 3.63) is 31.9 Å². The number of thiazole rings is 1. The van der Waals surface area contributed by atoms with Gasteiger partial charge in [0, 0.05) is 10.9 Å². The molecule has 1 aliphatic rings. The van der Waals surface area contributed by atoms with Gasteiger partial charge in [-0.3, -0.25) is 10.1 Å². The predicted molar refractivity (Wildman–Crippen MR) is 86.6 cm³/mol. The first-order valence-electron chi connectivity index (χ1n) is 5.92. The first-order chi connectivity index (χ1) is 9.11. The van der Waals surface area contributed by atoms with Crippen LogP contribution in [0.15, 0.2) is 12.1 Å². The molecule has 3 N–H and O–H groups in total. The van der Waals surface area contributed by atoms with E-state index >= 15 is 0 Å². The maximum absolute atomic E-state index is 12.0. The van der Waals surface area contributed by atoms with Crippen LogP contribution in [-0.4, -0.2) is 16.9 Å². The Morgan fingerprint density at radius 1 is 1.45 bits per heavy atom. The number of halogens is 2. The van der Waals surface area contributed by atoms with Gasteiger partial charge in [0.2, 0.25) is 0 Å². The molecular formula is C12H13Cl2N3OS2. The Morgan fingerprint density at radius 2 is 2.25 bits per heavy atom. The third kappa shape index (κ3) is 3.32. The van der Waals surface area contributed by atoms with Gasteiger partial charge in [-0.15, -0.1) is 35.1 Å². The van der Waals surface area contributed by atoms with Crippen LogP contribution in [0.4, 0.5) is 5.13 Å². The number of rotatable bonds is 2. The Bertz CT molecular complexity index is 626. The fraction of sp³-hybridized carbons (Fsp3) is 0.333. The summed E-state index contributed by atoms with van der Waals surface area (Å²) in [4.78, 5) is 18.2. The molecule has 2 aromatic rings. The van der Waals surface area contributed by atoms with Crippen LogP contribution in [0.1, 0.15) is 26.7 Å². The summed E-state index contributed by atoms with van der Waals surface area (Å²) < 4.78 is 0.606. The van der Waals surface area contributed by atoms with E-state index in [4.69, 9.17) is 17.3 Å². The summed E-state index contributed by atoms with van der Waals surface area (Å²) in [6.45, 7) is 0. The lowest BCUT2D eigenvalue weighted by atomic mass is 9.99. The summed E-state index contributed by atoms with van der Waals surface area (Å²) in [7, 11) is 0. The van der Waals surface area contributed by atoms with E-state index < -0.39 is 0 Å². The molecule has 1 atom stereocenters. The van der Waals surface area contributed by atoms with Gasteiger partial charge in [0.15, 0.2) is 5.13 Å². The lowest BCUT2D eigenvalue weighted by molar-refractivity contribution is 0.103. The van der Waals surface area contributed by atoms with E-state index in [2.05, 4.69) is 10.3 Å². The average molecular weight is 350 g/mol. The zero-order chi connectivity index (χ0) is 13.4. The molecule has 2 heterocycles. The van der Waals surface area contributed by atoms with Crippen LogP contribution in [0.25, 0.3) is 0 Å². The van der Waals surface area contributed by atoms with Crippen molar-refractivity contribution in [2.75, 3.05) is 5.32 Å². The van der Waals surface area contributed by atoms with Crippen LogP contribution in [0, 0.1) is 0 Å². The van der Waals surface area contributed by atoms with Crippen LogP contribution < -0.4 is 11.1 Å². The smallest absolute Gasteiger partial charge is 0.267 e. The highest BCUT2D eigenvalue weighted by molar-refractivity contribution is 7.18. The molecule has 0 bridgehead atoms. The van der Waals surface area contributed by atoms with Gasteiger partial charge < -0.3 is 5.73 Å². The third-order valence-corrected chi connectivity index (χ3v) is 5.26. The molecule has 8 heteroatoms. The monoisotopic (exact) mass is 349 g/mol. The summed E-state index contributed by atoms with van der Waals surface area (Å²) in [5, 5.41) is 3.47. The van der Waals surface area contributed by atoms with Crippen LogP contribution in [0.5, 0.6) is 0 Å². The molecule has 0 unspecified atom stereocenters. The third-order valence-electron chi connectivity index (χ3n) is 3.00. The number of amides is 1. The Morgan fingerprint density at radius 3 is 2.95 bits per heavy atom. The van der Waals surface area contributed by atoms with Crippen LogP contribution >= 0.6 is 46.7 Å². The second-order valence-electron chi connectivity index (χ2n) is 4.45. The second kappa shape index (κ2) is 6.41. The molecule has 20 heavy (non-hydrogen) atoms. The molecule has 1 aliphatic carbocycles. The summed E-state index contributed by atoms with van der Waals surface area (Å²) in [6, 6.07) is 3.64. The van der Waals surface area contributed by atoms with E-state index in [9.17, 15) is 4.79 Å². The van der Waals surface area contributed by atoms with Gasteiger partial charge in [-0.05, 0) is 31.4 Å². The number of nitrogens with two attached hydrogens (primary N) is 1. The van der Waals surface area contributed by atoms with E-state index in [1.807, 2.05) is 0 Å². The number of nitrogens with zero attached hydrogens (tertiary/aromatic N) is 1. The SMILES string of the molecule is Cl.N[C@H]1CCc2nc(NC(=O)c3ccc(Cl)s3)sc2C1. The fourth-order valence-electron chi connectivity index (χ4n) is 2.05. The number of nitrogens with one attached hydrogen (secondary N) is 1. The number of fused-ring (bicyclic) bond motifs is 1. The Kier molecular flexibility index (Phi) is 5.04. The highest BCUT2D eigenvalue weighted by Crippen LogP contribution is 2.30. The molecule has 108 valence electrons. The molecule has 0 aliphatic heterocycles. The van der Waals surface area contributed by atoms with Gasteiger partial charge in [0.05, 0.1) is 14.9 Å². The minimum atomic E-state index is -0.160. The molecule has 4 nitrogen and oxygen atoms in total. The molecule has 0 saturated carbocycles. The minimum absolute atomic E-state index is 0. The average Bonchev–Trinajstić information content (AvgIpc) is 2.94. The Labute approximate surface area is 135 Å². The zero-order valence-electron chi connectivity index (χ0n) is 10.4. The molecule has 0 radical (unpaired) electrons. The van der Waals surface area contributed by atoms with Crippen molar-refractivity contribution in [2.45, 2.75) is 25.3 Å². The van der Waals surface area contributed by atoms with Crippen molar-refractivity contribution in [1.82, 2.24) is 4.98 Å². The first kappa shape index (κ1) is 15.7. The molecule has 0 saturated heterocycles. The number of hydrogen-bond acceptors (Lipinski definition) is 5. The number of aryl methyl sites for hydroxylation is 1. The van der Waals surface area contributed by atoms with Crippen molar-refractivity contribution < 1.29 is 4.79 Å². The summed E-state index contributed by atoms with van der Waals surface area (Å²) in [5.74, 6) is -0.160. The molecule has 3 rings (SSSR count). The fourth-order valence-corrected chi connectivity index (χ4v) is 4.08. The van der Waals surface area contributed by atoms with Gasteiger partial charge in [0.25, 0.3) is 5.91 Å². The number of carbonyl (C=O) groups is 1. The lowest BCUT2D eigenvalue weighted by Crippen LogP contribution is -2.26. The molecule has 0 spiro atoms. The van der Waals surface area contributed by atoms with Crippen LogP contribution in [0.2, 0.25) is 4.34 Å². The molecular weight excluding hydrogens is 337 g/mol. The summed E-state index contributed by atoms with van der Waals surface area (Å²) >= 11 is 8.60. The largest absolute Gasteiger partial charge is 0.327 e. The molecule has 0 aromatic carbocycles. The molecule has 0 fully saturated rings. The molecule has 2 aromatic heterocycles. The van der Waals surface area contributed by atoms with Gasteiger partial charge in [-0.2, -0.15) is 0 Å². The highest BCUT2D eigenvalue weighted by atomic mass is 35.5. The quantitative estimate of drug-likeness (QED) is 0.873. The summed E-state index contributed by atoms with van der Waals surface area (Å²) in [5.41, 5.74) is 7.01. The number of thiophene rings is 1. The van der Waals surface area contributed by atoms with Crippen molar-refractivity contribution in [3.8, 4) is 0 Å². The van der Waals surface area contributed by atoms with Crippen molar-refractivity contribution in [3.63, 3.8) is 0 Å². The standard InChI is InChI=1S/C12H12ClN3OS2.ClH/c13-10-4-3-8(18-10)11(17)16-12-15-7-2-1-6(14)5-9(7)19-12;/h3-4,6H,1-2,5,14H2,(H,15,16,17);1H/t6-;/m0./s1. The Balaban J connectivity index is 0.00000147. The maximum atomic E-state index is 12.0. The zero-order valence-corrected chi connectivity index (χ0v) is 13.6. The van der Waals surface area contributed by atoms with Gasteiger partial charge in [-0.1, -0.05) is 11.6 Å². The summed E-state index contributed by atoms with van der Waals surface area (Å²) in [6.07, 6.45) is 2.71. The number of hydrogen-bond donors (Lipinski definition) is 2. The number of carbonyl (C=O) groups excluding carboxylic acids is 1. The number of aromatic nitrogens is 1. The first-order valence-corrected chi connectivity index (χ1v) is 7.94. The van der Waals surface area contributed by atoms with Gasteiger partial charge in [-0.25, -0.2) is 4.98 Å². The van der Waals surface area contributed by atoms with Gasteiger partial charge >= 0.3 is 0 Å². The maximum Gasteiger partial charge on any atom is 0.267 e. The predicted octanol–water partition coefficient (Wildman–Crippen LogP) is 3.35.